The molecule has 2 nitrogen and oxygen atoms in total. The molecule has 4 heteroatoms. The van der Waals surface area contributed by atoms with Gasteiger partial charge in [-0.25, -0.2) is 4.98 Å². The van der Waals surface area contributed by atoms with E-state index >= 15 is 0 Å². The molecule has 0 aromatic carbocycles. The van der Waals surface area contributed by atoms with Gasteiger partial charge in [-0.05, 0) is 42.7 Å². The van der Waals surface area contributed by atoms with Gasteiger partial charge in [0.1, 0.15) is 5.01 Å². The average Bonchev–Trinajstić information content (AvgIpc) is 2.86. The minimum absolute atomic E-state index is 0.166. The summed E-state index contributed by atoms with van der Waals surface area (Å²) in [6.07, 6.45) is 2.54. The van der Waals surface area contributed by atoms with Crippen LogP contribution in [0.1, 0.15) is 29.5 Å². The van der Waals surface area contributed by atoms with Crippen LogP contribution in [0, 0.1) is 12.8 Å². The van der Waals surface area contributed by atoms with E-state index in [1.54, 1.807) is 22.7 Å². The van der Waals surface area contributed by atoms with Gasteiger partial charge in [-0.2, -0.15) is 0 Å². The molecule has 2 heterocycles. The van der Waals surface area contributed by atoms with Crippen LogP contribution >= 0.6 is 22.7 Å². The highest BCUT2D eigenvalue weighted by Gasteiger charge is 2.31. The SMILES string of the molecule is Cc1ccsc1-c1csc(C(N)C2CC2)n1. The number of rotatable bonds is 3. The number of aryl methyl sites for hydroxylation is 1. The molecule has 0 saturated heterocycles. The summed E-state index contributed by atoms with van der Waals surface area (Å²) in [5, 5.41) is 5.35. The van der Waals surface area contributed by atoms with Gasteiger partial charge in [0.25, 0.3) is 0 Å². The Bertz CT molecular complexity index is 497. The first-order valence-electron chi connectivity index (χ1n) is 5.51. The summed E-state index contributed by atoms with van der Waals surface area (Å²) in [5.74, 6) is 0.684. The van der Waals surface area contributed by atoms with Gasteiger partial charge >= 0.3 is 0 Å². The third-order valence-corrected chi connectivity index (χ3v) is 5.02. The lowest BCUT2D eigenvalue weighted by Crippen LogP contribution is -2.11. The summed E-state index contributed by atoms with van der Waals surface area (Å²) in [5.41, 5.74) is 8.56. The summed E-state index contributed by atoms with van der Waals surface area (Å²) in [4.78, 5) is 5.96. The summed E-state index contributed by atoms with van der Waals surface area (Å²) >= 11 is 3.46. The molecule has 1 aliphatic carbocycles. The molecule has 2 aromatic heterocycles. The van der Waals surface area contributed by atoms with E-state index < -0.39 is 0 Å². The normalized spacial score (nSPS) is 17.6. The molecule has 1 fully saturated rings. The van der Waals surface area contributed by atoms with Crippen molar-refractivity contribution < 1.29 is 0 Å². The van der Waals surface area contributed by atoms with Crippen molar-refractivity contribution >= 4 is 22.7 Å². The van der Waals surface area contributed by atoms with Crippen LogP contribution in [0.2, 0.25) is 0 Å². The smallest absolute Gasteiger partial charge is 0.110 e. The third-order valence-electron chi connectivity index (χ3n) is 3.03. The summed E-state index contributed by atoms with van der Waals surface area (Å²) in [7, 11) is 0. The lowest BCUT2D eigenvalue weighted by molar-refractivity contribution is 0.629. The molecule has 0 aliphatic heterocycles. The quantitative estimate of drug-likeness (QED) is 0.904. The molecule has 1 aliphatic rings. The van der Waals surface area contributed by atoms with Gasteiger partial charge in [0.15, 0.2) is 0 Å². The van der Waals surface area contributed by atoms with Crippen LogP contribution in [0.15, 0.2) is 16.8 Å². The maximum Gasteiger partial charge on any atom is 0.110 e. The standard InChI is InChI=1S/C12H14N2S2/c1-7-4-5-15-11(7)9-6-16-12(14-9)10(13)8-2-3-8/h4-6,8,10H,2-3,13H2,1H3. The molecule has 0 radical (unpaired) electrons. The van der Waals surface area contributed by atoms with Crippen molar-refractivity contribution in [2.45, 2.75) is 25.8 Å². The molecule has 0 amide bonds. The zero-order valence-corrected chi connectivity index (χ0v) is 10.8. The fourth-order valence-corrected chi connectivity index (χ4v) is 3.70. The predicted octanol–water partition coefficient (Wildman–Crippen LogP) is 3.59. The second kappa shape index (κ2) is 3.95. The van der Waals surface area contributed by atoms with E-state index in [2.05, 4.69) is 28.7 Å². The monoisotopic (exact) mass is 250 g/mol. The largest absolute Gasteiger partial charge is 0.322 e. The van der Waals surface area contributed by atoms with Crippen LogP contribution < -0.4 is 5.73 Å². The second-order valence-electron chi connectivity index (χ2n) is 4.37. The Labute approximate surface area is 103 Å². The highest BCUT2D eigenvalue weighted by Crippen LogP contribution is 2.41. The number of hydrogen-bond acceptors (Lipinski definition) is 4. The highest BCUT2D eigenvalue weighted by atomic mass is 32.1. The van der Waals surface area contributed by atoms with E-state index in [-0.39, 0.29) is 6.04 Å². The van der Waals surface area contributed by atoms with E-state index in [4.69, 9.17) is 5.73 Å². The van der Waals surface area contributed by atoms with Crippen molar-refractivity contribution in [3.63, 3.8) is 0 Å². The number of hydrogen-bond donors (Lipinski definition) is 1. The van der Waals surface area contributed by atoms with E-state index in [1.807, 2.05) is 0 Å². The van der Waals surface area contributed by atoms with Crippen molar-refractivity contribution in [3.8, 4) is 10.6 Å². The molecule has 16 heavy (non-hydrogen) atoms. The molecule has 2 N–H and O–H groups in total. The number of thiazole rings is 1. The van der Waals surface area contributed by atoms with Crippen LogP contribution in [0.5, 0.6) is 0 Å². The molecule has 1 saturated carbocycles. The van der Waals surface area contributed by atoms with E-state index in [9.17, 15) is 0 Å². The number of nitrogens with two attached hydrogens (primary N) is 1. The van der Waals surface area contributed by atoms with Crippen LogP contribution in [0.4, 0.5) is 0 Å². The van der Waals surface area contributed by atoms with Gasteiger partial charge in [0.05, 0.1) is 16.6 Å². The third kappa shape index (κ3) is 1.81. The van der Waals surface area contributed by atoms with Gasteiger partial charge in [0, 0.05) is 5.38 Å². The average molecular weight is 250 g/mol. The van der Waals surface area contributed by atoms with E-state index in [0.717, 1.165) is 10.7 Å². The van der Waals surface area contributed by atoms with Crippen molar-refractivity contribution in [1.82, 2.24) is 4.98 Å². The van der Waals surface area contributed by atoms with Gasteiger partial charge in [-0.3, -0.25) is 0 Å². The maximum atomic E-state index is 6.16. The molecule has 1 unspecified atom stereocenters. The number of nitrogens with zero attached hydrogens (tertiary/aromatic N) is 1. The minimum atomic E-state index is 0.166. The Kier molecular flexibility index (Phi) is 2.58. The Morgan fingerprint density at radius 2 is 2.25 bits per heavy atom. The van der Waals surface area contributed by atoms with Crippen LogP contribution in [0.25, 0.3) is 10.6 Å². The van der Waals surface area contributed by atoms with Gasteiger partial charge < -0.3 is 5.73 Å². The first kappa shape index (κ1) is 10.4. The maximum absolute atomic E-state index is 6.16. The summed E-state index contributed by atoms with van der Waals surface area (Å²) in [6, 6.07) is 2.30. The van der Waals surface area contributed by atoms with Crippen molar-refractivity contribution in [3.05, 3.63) is 27.4 Å². The first-order valence-corrected chi connectivity index (χ1v) is 7.27. The molecule has 1 atom stereocenters. The Morgan fingerprint density at radius 1 is 1.44 bits per heavy atom. The van der Waals surface area contributed by atoms with Crippen LogP contribution in [0.3, 0.4) is 0 Å². The molecule has 84 valence electrons. The van der Waals surface area contributed by atoms with Crippen LogP contribution in [-0.2, 0) is 0 Å². The molecule has 0 bridgehead atoms. The molecule has 2 aromatic rings. The van der Waals surface area contributed by atoms with E-state index in [0.29, 0.717) is 5.92 Å². The van der Waals surface area contributed by atoms with Gasteiger partial charge in [-0.15, -0.1) is 22.7 Å². The summed E-state index contributed by atoms with van der Waals surface area (Å²) in [6.45, 7) is 2.13. The van der Waals surface area contributed by atoms with Crippen molar-refractivity contribution in [1.29, 1.82) is 0 Å². The predicted molar refractivity (Wildman–Crippen MR) is 69.8 cm³/mol. The Morgan fingerprint density at radius 3 is 2.88 bits per heavy atom. The molecule has 3 rings (SSSR count). The minimum Gasteiger partial charge on any atom is -0.322 e. The van der Waals surface area contributed by atoms with E-state index in [1.165, 1.54) is 23.3 Å². The lowest BCUT2D eigenvalue weighted by atomic mass is 10.2. The van der Waals surface area contributed by atoms with Gasteiger partial charge in [0.2, 0.25) is 0 Å². The van der Waals surface area contributed by atoms with Crippen LogP contribution in [-0.4, -0.2) is 4.98 Å². The number of thiophene rings is 1. The fraction of sp³-hybridized carbons (Fsp3) is 0.417. The molecule has 0 spiro atoms. The zero-order chi connectivity index (χ0) is 11.1. The highest BCUT2D eigenvalue weighted by molar-refractivity contribution is 7.14. The van der Waals surface area contributed by atoms with Crippen molar-refractivity contribution in [2.24, 2.45) is 11.7 Å². The van der Waals surface area contributed by atoms with Crippen molar-refractivity contribution in [2.75, 3.05) is 0 Å². The number of aromatic nitrogens is 1. The molecular formula is C12H14N2S2. The van der Waals surface area contributed by atoms with Gasteiger partial charge in [-0.1, -0.05) is 0 Å². The Hall–Kier alpha value is -0.710. The summed E-state index contributed by atoms with van der Waals surface area (Å²) < 4.78 is 0. The zero-order valence-electron chi connectivity index (χ0n) is 9.14. The fourth-order valence-electron chi connectivity index (χ4n) is 1.84. The first-order chi connectivity index (χ1) is 7.75. The second-order valence-corrected chi connectivity index (χ2v) is 6.17. The topological polar surface area (TPSA) is 38.9 Å². The molecular weight excluding hydrogens is 236 g/mol. The lowest BCUT2D eigenvalue weighted by Gasteiger charge is -2.04. The Balaban J connectivity index is 1.90.